The van der Waals surface area contributed by atoms with Gasteiger partial charge >= 0.3 is 0 Å². The van der Waals surface area contributed by atoms with Crippen molar-refractivity contribution in [3.05, 3.63) is 0 Å². The highest BCUT2D eigenvalue weighted by molar-refractivity contribution is 5.78. The van der Waals surface area contributed by atoms with Crippen molar-refractivity contribution in [3.8, 4) is 0 Å². The molecular weight excluding hydrogens is 697 g/mol. The fraction of sp³-hybridized carbons (Fsp3) is 0.957. The minimum atomic E-state index is 0. The number of hydrogen-bond acceptors (Lipinski definition) is 8. The van der Waals surface area contributed by atoms with Gasteiger partial charge in [-0.05, 0) is 108 Å². The summed E-state index contributed by atoms with van der Waals surface area (Å²) in [5.74, 6) is 2.29. The van der Waals surface area contributed by atoms with Crippen molar-refractivity contribution in [1.82, 2.24) is 40.0 Å². The van der Waals surface area contributed by atoms with Crippen LogP contribution in [-0.4, -0.2) is 171 Å². The van der Waals surface area contributed by atoms with Gasteiger partial charge in [0.1, 0.15) is 0 Å². The number of fused-ring (bicyclic) bond motifs is 1. The zero-order valence-corrected chi connectivity index (χ0v) is 38.7. The van der Waals surface area contributed by atoms with Gasteiger partial charge in [0.15, 0.2) is 0 Å². The molecule has 10 nitrogen and oxygen atoms in total. The molecule has 4 saturated heterocycles. The number of nitrogens with zero attached hydrogens (tertiary/aromatic N) is 6. The summed E-state index contributed by atoms with van der Waals surface area (Å²) in [6, 6.07) is 1.61. The number of carbonyl (C=O) groups is 2. The highest BCUT2D eigenvalue weighted by Crippen LogP contribution is 2.49. The Labute approximate surface area is 349 Å². The van der Waals surface area contributed by atoms with Crippen molar-refractivity contribution in [2.75, 3.05) is 111 Å². The smallest absolute Gasteiger partial charge is 0.222 e. The third kappa shape index (κ3) is 15.4. The van der Waals surface area contributed by atoms with E-state index in [1.54, 1.807) is 0 Å². The molecule has 6 fully saturated rings. The Kier molecular flexibility index (Phi) is 22.2. The fourth-order valence-corrected chi connectivity index (χ4v) is 10.00. The first-order chi connectivity index (χ1) is 27.0. The van der Waals surface area contributed by atoms with E-state index in [4.69, 9.17) is 0 Å². The molecule has 6 rings (SSSR count). The highest BCUT2D eigenvalue weighted by atomic mass is 16.2. The molecule has 3 unspecified atom stereocenters. The van der Waals surface area contributed by atoms with Gasteiger partial charge in [-0.2, -0.15) is 0 Å². The van der Waals surface area contributed by atoms with Crippen LogP contribution in [0.2, 0.25) is 0 Å². The fourth-order valence-electron chi connectivity index (χ4n) is 10.00. The summed E-state index contributed by atoms with van der Waals surface area (Å²) in [6.07, 6.45) is 10.0. The quantitative estimate of drug-likeness (QED) is 0.208. The number of amides is 2. The molecule has 6 aliphatic rings. The van der Waals surface area contributed by atoms with Gasteiger partial charge in [0.25, 0.3) is 0 Å². The van der Waals surface area contributed by atoms with Crippen molar-refractivity contribution in [1.29, 1.82) is 0 Å². The third-order valence-electron chi connectivity index (χ3n) is 14.1. The maximum atomic E-state index is 11.9. The molecule has 332 valence electrons. The van der Waals surface area contributed by atoms with Gasteiger partial charge in [0, 0.05) is 111 Å². The molecule has 2 saturated carbocycles. The molecule has 10 heteroatoms. The normalized spacial score (nSPS) is 27.0. The van der Waals surface area contributed by atoms with E-state index in [9.17, 15) is 9.59 Å². The summed E-state index contributed by atoms with van der Waals surface area (Å²) in [7, 11) is 0. The SMILES string of the molecule is CC.CC.CCC(C)N1CCN(CCN2CCC3(CC2)CC(NC(=O)C(C)C)C3)CC1.CCN1CCN(CCCN2CC3CC(NC(=O)C(C)C)CC3C2)CC1.[HH].[HH]. The summed E-state index contributed by atoms with van der Waals surface area (Å²) in [4.78, 5) is 39.6. The van der Waals surface area contributed by atoms with E-state index in [1.807, 2.05) is 55.4 Å². The summed E-state index contributed by atoms with van der Waals surface area (Å²) in [5, 5.41) is 6.47. The van der Waals surface area contributed by atoms with E-state index in [-0.39, 0.29) is 26.5 Å². The van der Waals surface area contributed by atoms with Crippen LogP contribution in [0.5, 0.6) is 0 Å². The van der Waals surface area contributed by atoms with Crippen molar-refractivity contribution < 1.29 is 12.4 Å². The largest absolute Gasteiger partial charge is 0.353 e. The lowest BCUT2D eigenvalue weighted by Crippen LogP contribution is -2.56. The van der Waals surface area contributed by atoms with E-state index in [0.29, 0.717) is 17.5 Å². The standard InChI is InChI=1S/C22H42N4O.C20H38N4O.2C2H6.2H2/c1-5-19(4)26-14-12-25(13-15-26)11-10-24-8-6-22(7-9-24)16-20(17-22)23-21(27)18(2)3;1-4-22-8-10-23(11-9-22)6-5-7-24-14-17-12-19(13-18(17)15-24)21-20(25)16(2)3;2*1-2;;/h18-20H,5-17H2,1-4H3,(H,23,27);16-19H,4-15H2,1-3H3,(H,21,25);2*1-2H3;2*1H. The zero-order valence-electron chi connectivity index (χ0n) is 38.7. The average molecular weight is 793 g/mol. The first-order valence-corrected chi connectivity index (χ1v) is 23.9. The van der Waals surface area contributed by atoms with Crippen LogP contribution >= 0.6 is 0 Å². The number of rotatable bonds is 14. The van der Waals surface area contributed by atoms with Crippen LogP contribution in [-0.2, 0) is 9.59 Å². The second kappa shape index (κ2) is 25.4. The number of piperazine rings is 2. The van der Waals surface area contributed by atoms with Crippen LogP contribution in [0.4, 0.5) is 0 Å². The van der Waals surface area contributed by atoms with Gasteiger partial charge in [-0.3, -0.25) is 19.4 Å². The van der Waals surface area contributed by atoms with E-state index < -0.39 is 0 Å². The van der Waals surface area contributed by atoms with Crippen molar-refractivity contribution in [2.24, 2.45) is 29.1 Å². The lowest BCUT2D eigenvalue weighted by atomic mass is 9.60. The molecule has 4 aliphatic heterocycles. The molecule has 0 aromatic carbocycles. The molecule has 0 aromatic rings. The van der Waals surface area contributed by atoms with Gasteiger partial charge in [-0.1, -0.05) is 69.2 Å². The molecule has 56 heavy (non-hydrogen) atoms. The molecule has 0 radical (unpaired) electrons. The number of nitrogens with one attached hydrogen (secondary N) is 2. The van der Waals surface area contributed by atoms with Crippen LogP contribution in [0.1, 0.15) is 130 Å². The molecule has 2 aliphatic carbocycles. The number of likely N-dealkylation sites (tertiary alicyclic amines) is 2. The Hall–Kier alpha value is -1.30. The third-order valence-corrected chi connectivity index (χ3v) is 14.1. The molecule has 0 aromatic heterocycles. The van der Waals surface area contributed by atoms with Crippen LogP contribution in [0.25, 0.3) is 0 Å². The summed E-state index contributed by atoms with van der Waals surface area (Å²) < 4.78 is 0. The van der Waals surface area contributed by atoms with Gasteiger partial charge in [0.05, 0.1) is 0 Å². The molecular formula is C46H96N8O2. The first kappa shape index (κ1) is 49.1. The Bertz CT molecular complexity index is 1070. The second-order valence-electron chi connectivity index (χ2n) is 18.5. The number of hydrogen-bond donors (Lipinski definition) is 2. The van der Waals surface area contributed by atoms with Crippen LogP contribution in [0.15, 0.2) is 0 Å². The predicted octanol–water partition coefficient (Wildman–Crippen LogP) is 6.46. The molecule has 0 bridgehead atoms. The van der Waals surface area contributed by atoms with Gasteiger partial charge in [-0.15, -0.1) is 0 Å². The van der Waals surface area contributed by atoms with Gasteiger partial charge in [-0.25, -0.2) is 0 Å². The topological polar surface area (TPSA) is 77.6 Å². The molecule has 4 heterocycles. The Morgan fingerprint density at radius 3 is 1.50 bits per heavy atom. The monoisotopic (exact) mass is 793 g/mol. The summed E-state index contributed by atoms with van der Waals surface area (Å²) >= 11 is 0. The van der Waals surface area contributed by atoms with E-state index in [2.05, 4.69) is 60.8 Å². The first-order valence-electron chi connectivity index (χ1n) is 23.9. The number of likely N-dealkylation sites (N-methyl/N-ethyl adjacent to an activating group) is 1. The van der Waals surface area contributed by atoms with Crippen LogP contribution < -0.4 is 10.6 Å². The van der Waals surface area contributed by atoms with Crippen molar-refractivity contribution in [3.63, 3.8) is 0 Å². The molecule has 2 amide bonds. The maximum absolute atomic E-state index is 11.9. The van der Waals surface area contributed by atoms with E-state index in [0.717, 1.165) is 17.9 Å². The van der Waals surface area contributed by atoms with Crippen LogP contribution in [0.3, 0.4) is 0 Å². The van der Waals surface area contributed by atoms with Gasteiger partial charge in [0.2, 0.25) is 11.8 Å². The predicted molar refractivity (Wildman–Crippen MR) is 241 cm³/mol. The second-order valence-corrected chi connectivity index (χ2v) is 18.5. The minimum absolute atomic E-state index is 0. The number of piperidine rings is 1. The summed E-state index contributed by atoms with van der Waals surface area (Å²) in [6.45, 7) is 43.9. The average Bonchev–Trinajstić information content (AvgIpc) is 3.77. The van der Waals surface area contributed by atoms with Gasteiger partial charge < -0.3 is 30.2 Å². The van der Waals surface area contributed by atoms with E-state index >= 15 is 0 Å². The summed E-state index contributed by atoms with van der Waals surface area (Å²) in [5.41, 5.74) is 0.535. The maximum Gasteiger partial charge on any atom is 0.222 e. The highest BCUT2D eigenvalue weighted by Gasteiger charge is 2.46. The van der Waals surface area contributed by atoms with Crippen LogP contribution in [0, 0.1) is 29.1 Å². The molecule has 1 spiro atoms. The lowest BCUT2D eigenvalue weighted by Gasteiger charge is -2.52. The van der Waals surface area contributed by atoms with E-state index in [1.165, 1.54) is 163 Å². The lowest BCUT2D eigenvalue weighted by molar-refractivity contribution is -0.127. The minimum Gasteiger partial charge on any atom is -0.353 e. The Morgan fingerprint density at radius 1 is 0.589 bits per heavy atom. The molecule has 2 N–H and O–H groups in total. The molecule has 3 atom stereocenters. The van der Waals surface area contributed by atoms with Crippen molar-refractivity contribution >= 4 is 11.8 Å². The Morgan fingerprint density at radius 2 is 1.02 bits per heavy atom. The Balaban J connectivity index is 0.000000519. The zero-order chi connectivity index (χ0) is 41.3. The number of carbonyl (C=O) groups excluding carboxylic acids is 2. The van der Waals surface area contributed by atoms with Crippen molar-refractivity contribution in [2.45, 2.75) is 146 Å².